The van der Waals surface area contributed by atoms with Gasteiger partial charge in [-0.25, -0.2) is 4.68 Å². The van der Waals surface area contributed by atoms with Gasteiger partial charge in [0.05, 0.1) is 36.9 Å². The summed E-state index contributed by atoms with van der Waals surface area (Å²) in [5.74, 6) is 0.748. The molecule has 1 atom stereocenters. The van der Waals surface area contributed by atoms with Crippen molar-refractivity contribution in [1.29, 1.82) is 0 Å². The lowest BCUT2D eigenvalue weighted by atomic mass is 9.74. The molecule has 2 heterocycles. The van der Waals surface area contributed by atoms with Gasteiger partial charge in [-0.3, -0.25) is 4.79 Å². The minimum absolute atomic E-state index is 0.0244. The summed E-state index contributed by atoms with van der Waals surface area (Å²) in [5, 5.41) is 11.3. The molecule has 4 rings (SSSR count). The molecular formula is C20H22N4O3. The van der Waals surface area contributed by atoms with E-state index in [2.05, 4.69) is 29.4 Å². The number of hydrogen-bond donors (Lipinski definition) is 1. The Morgan fingerprint density at radius 2 is 2.07 bits per heavy atom. The maximum absolute atomic E-state index is 12.5. The number of rotatable bonds is 4. The standard InChI is InChI=1S/C20H22N4O3/c1-20(2)10-16(23-19(25)18-8-9-22-27-18)15-12-21-24(17(15)11-20)13-4-6-14(26-3)7-5-13/h4-9,12,16H,10-11H2,1-3H3,(H,23,25). The van der Waals surface area contributed by atoms with Crippen LogP contribution >= 0.6 is 0 Å². The number of carbonyl (C=O) groups excluding carboxylic acids is 1. The first kappa shape index (κ1) is 17.3. The molecule has 0 radical (unpaired) electrons. The van der Waals surface area contributed by atoms with Gasteiger partial charge in [-0.1, -0.05) is 19.0 Å². The van der Waals surface area contributed by atoms with Crippen LogP contribution in [0.1, 0.15) is 48.1 Å². The van der Waals surface area contributed by atoms with Crippen LogP contribution in [0.5, 0.6) is 5.75 Å². The van der Waals surface area contributed by atoms with E-state index in [9.17, 15) is 4.79 Å². The van der Waals surface area contributed by atoms with Gasteiger partial charge in [0.15, 0.2) is 0 Å². The smallest absolute Gasteiger partial charge is 0.290 e. The summed E-state index contributed by atoms with van der Waals surface area (Å²) in [6, 6.07) is 9.23. The summed E-state index contributed by atoms with van der Waals surface area (Å²) in [5.41, 5.74) is 3.14. The van der Waals surface area contributed by atoms with Crippen molar-refractivity contribution in [2.45, 2.75) is 32.7 Å². The molecule has 3 aromatic rings. The first-order valence-electron chi connectivity index (χ1n) is 8.90. The van der Waals surface area contributed by atoms with Crippen LogP contribution in [0.15, 0.2) is 47.2 Å². The predicted octanol–water partition coefficient (Wildman–Crippen LogP) is 3.31. The molecule has 1 aliphatic carbocycles. The largest absolute Gasteiger partial charge is 0.497 e. The summed E-state index contributed by atoms with van der Waals surface area (Å²) in [6.45, 7) is 4.41. The van der Waals surface area contributed by atoms with Crippen molar-refractivity contribution in [2.75, 3.05) is 7.11 Å². The van der Waals surface area contributed by atoms with Crippen molar-refractivity contribution >= 4 is 5.91 Å². The Balaban J connectivity index is 1.67. The van der Waals surface area contributed by atoms with Crippen LogP contribution in [0.4, 0.5) is 0 Å². The number of amides is 1. The monoisotopic (exact) mass is 366 g/mol. The molecule has 0 bridgehead atoms. The number of nitrogens with one attached hydrogen (secondary N) is 1. The number of carbonyl (C=O) groups is 1. The van der Waals surface area contributed by atoms with Gasteiger partial charge in [-0.15, -0.1) is 0 Å². The van der Waals surface area contributed by atoms with Crippen LogP contribution in [-0.2, 0) is 6.42 Å². The molecule has 0 aliphatic heterocycles. The van der Waals surface area contributed by atoms with Gasteiger partial charge in [-0.2, -0.15) is 5.10 Å². The number of fused-ring (bicyclic) bond motifs is 1. The van der Waals surface area contributed by atoms with E-state index in [1.54, 1.807) is 13.2 Å². The molecule has 7 nitrogen and oxygen atoms in total. The maximum atomic E-state index is 12.5. The van der Waals surface area contributed by atoms with E-state index in [0.717, 1.165) is 35.5 Å². The normalized spacial score (nSPS) is 18.0. The van der Waals surface area contributed by atoms with E-state index in [4.69, 9.17) is 9.26 Å². The van der Waals surface area contributed by atoms with Crippen molar-refractivity contribution in [1.82, 2.24) is 20.3 Å². The lowest BCUT2D eigenvalue weighted by Crippen LogP contribution is -2.36. The number of aromatic nitrogens is 3. The third kappa shape index (κ3) is 3.32. The first-order chi connectivity index (χ1) is 13.0. The zero-order chi connectivity index (χ0) is 19.0. The van der Waals surface area contributed by atoms with Crippen LogP contribution in [0.25, 0.3) is 5.69 Å². The second kappa shape index (κ2) is 6.57. The second-order valence-electron chi connectivity index (χ2n) is 7.60. The van der Waals surface area contributed by atoms with E-state index in [1.807, 2.05) is 35.1 Å². The van der Waals surface area contributed by atoms with Gasteiger partial charge >= 0.3 is 0 Å². The van der Waals surface area contributed by atoms with E-state index in [-0.39, 0.29) is 23.1 Å². The second-order valence-corrected chi connectivity index (χ2v) is 7.60. The molecule has 1 N–H and O–H groups in total. The minimum Gasteiger partial charge on any atom is -0.497 e. The van der Waals surface area contributed by atoms with Crippen LogP contribution in [0.3, 0.4) is 0 Å². The summed E-state index contributed by atoms with van der Waals surface area (Å²) < 4.78 is 12.2. The third-order valence-corrected chi connectivity index (χ3v) is 4.96. The van der Waals surface area contributed by atoms with Crippen LogP contribution in [0, 0.1) is 5.41 Å². The fourth-order valence-corrected chi connectivity index (χ4v) is 3.68. The zero-order valence-electron chi connectivity index (χ0n) is 15.6. The minimum atomic E-state index is -0.265. The summed E-state index contributed by atoms with van der Waals surface area (Å²) in [7, 11) is 1.65. The Kier molecular flexibility index (Phi) is 4.22. The highest BCUT2D eigenvalue weighted by Gasteiger charge is 2.36. The topological polar surface area (TPSA) is 82.2 Å². The molecule has 2 aromatic heterocycles. The van der Waals surface area contributed by atoms with Crippen molar-refractivity contribution in [3.8, 4) is 11.4 Å². The van der Waals surface area contributed by atoms with E-state index in [1.165, 1.54) is 6.20 Å². The lowest BCUT2D eigenvalue weighted by Gasteiger charge is -2.35. The average molecular weight is 366 g/mol. The lowest BCUT2D eigenvalue weighted by molar-refractivity contribution is 0.0882. The van der Waals surface area contributed by atoms with Crippen molar-refractivity contribution in [3.63, 3.8) is 0 Å². The fraction of sp³-hybridized carbons (Fsp3) is 0.350. The van der Waals surface area contributed by atoms with E-state index >= 15 is 0 Å². The first-order valence-corrected chi connectivity index (χ1v) is 8.90. The van der Waals surface area contributed by atoms with E-state index < -0.39 is 0 Å². The molecule has 7 heteroatoms. The molecule has 1 unspecified atom stereocenters. The fourth-order valence-electron chi connectivity index (χ4n) is 3.68. The number of nitrogens with zero attached hydrogens (tertiary/aromatic N) is 3. The van der Waals surface area contributed by atoms with Gasteiger partial charge in [0.25, 0.3) is 5.91 Å². The molecule has 0 saturated carbocycles. The number of benzene rings is 1. The molecule has 1 aromatic carbocycles. The Morgan fingerprint density at radius 3 is 2.74 bits per heavy atom. The molecule has 27 heavy (non-hydrogen) atoms. The van der Waals surface area contributed by atoms with Gasteiger partial charge in [0.2, 0.25) is 5.76 Å². The summed E-state index contributed by atoms with van der Waals surface area (Å²) in [4.78, 5) is 12.5. The molecule has 0 saturated heterocycles. The Labute approximate surface area is 157 Å². The molecule has 0 spiro atoms. The highest BCUT2D eigenvalue weighted by Crippen LogP contribution is 2.41. The van der Waals surface area contributed by atoms with Gasteiger partial charge in [0.1, 0.15) is 5.75 Å². The van der Waals surface area contributed by atoms with Crippen molar-refractivity contribution in [2.24, 2.45) is 5.41 Å². The quantitative estimate of drug-likeness (QED) is 0.766. The summed E-state index contributed by atoms with van der Waals surface area (Å²) >= 11 is 0. The number of methoxy groups -OCH3 is 1. The van der Waals surface area contributed by atoms with Crippen LogP contribution in [-0.4, -0.2) is 28.0 Å². The maximum Gasteiger partial charge on any atom is 0.290 e. The van der Waals surface area contributed by atoms with Gasteiger partial charge < -0.3 is 14.6 Å². The van der Waals surface area contributed by atoms with Gasteiger partial charge in [0, 0.05) is 11.6 Å². The Hall–Kier alpha value is -3.09. The number of hydrogen-bond acceptors (Lipinski definition) is 5. The Morgan fingerprint density at radius 1 is 1.30 bits per heavy atom. The molecule has 140 valence electrons. The molecule has 0 fully saturated rings. The van der Waals surface area contributed by atoms with Crippen molar-refractivity contribution in [3.05, 3.63) is 59.7 Å². The van der Waals surface area contributed by atoms with Crippen LogP contribution < -0.4 is 10.1 Å². The highest BCUT2D eigenvalue weighted by molar-refractivity contribution is 5.91. The SMILES string of the molecule is COc1ccc(-n2ncc3c2CC(C)(C)CC3NC(=O)c2ccno2)cc1. The van der Waals surface area contributed by atoms with Gasteiger partial charge in [-0.05, 0) is 42.5 Å². The Bertz CT molecular complexity index is 942. The molecule has 1 amide bonds. The average Bonchev–Trinajstić information content (AvgIpc) is 3.31. The molecule has 1 aliphatic rings. The third-order valence-electron chi connectivity index (χ3n) is 4.96. The van der Waals surface area contributed by atoms with E-state index in [0.29, 0.717) is 0 Å². The molecular weight excluding hydrogens is 344 g/mol. The highest BCUT2D eigenvalue weighted by atomic mass is 16.5. The number of ether oxygens (including phenoxy) is 1. The van der Waals surface area contributed by atoms with Crippen LogP contribution in [0.2, 0.25) is 0 Å². The predicted molar refractivity (Wildman–Crippen MR) is 98.9 cm³/mol. The van der Waals surface area contributed by atoms with Crippen molar-refractivity contribution < 1.29 is 14.1 Å². The zero-order valence-corrected chi connectivity index (χ0v) is 15.6. The summed E-state index contributed by atoms with van der Waals surface area (Å²) in [6.07, 6.45) is 5.02.